The average Bonchev–Trinajstić information content (AvgIpc) is 3.18. The number of nitrogens with one attached hydrogen (secondary N) is 1. The molecule has 0 radical (unpaired) electrons. The largest absolute Gasteiger partial charge is 0.411 e. The van der Waals surface area contributed by atoms with Crippen molar-refractivity contribution in [2.24, 2.45) is 0 Å². The summed E-state index contributed by atoms with van der Waals surface area (Å²) in [7, 11) is 0. The molecule has 4 rings (SSSR count). The number of carbonyl (C=O) groups is 1. The molecule has 0 aliphatic carbocycles. The van der Waals surface area contributed by atoms with Crippen LogP contribution in [-0.4, -0.2) is 21.9 Å². The van der Waals surface area contributed by atoms with Crippen LogP contribution in [0.3, 0.4) is 0 Å². The first-order valence-corrected chi connectivity index (χ1v) is 9.91. The molecule has 0 aliphatic heterocycles. The fraction of sp³-hybridized carbons (Fsp3) is 0.136. The van der Waals surface area contributed by atoms with Crippen molar-refractivity contribution >= 4 is 34.1 Å². The highest BCUT2D eigenvalue weighted by atomic mass is 32.2. The molecule has 6 heteroatoms. The molecule has 4 aromatic rings. The van der Waals surface area contributed by atoms with Crippen molar-refractivity contribution in [2.45, 2.75) is 19.1 Å². The molecule has 1 N–H and O–H groups in total. The van der Waals surface area contributed by atoms with Crippen LogP contribution >= 0.6 is 11.8 Å². The van der Waals surface area contributed by atoms with Gasteiger partial charge in [0.25, 0.3) is 5.22 Å². The number of hydrogen-bond acceptors (Lipinski definition) is 5. The third kappa shape index (κ3) is 3.77. The van der Waals surface area contributed by atoms with E-state index in [4.69, 9.17) is 4.42 Å². The molecule has 0 atom stereocenters. The van der Waals surface area contributed by atoms with Crippen LogP contribution in [0.1, 0.15) is 11.1 Å². The minimum absolute atomic E-state index is 0.108. The highest BCUT2D eigenvalue weighted by molar-refractivity contribution is 7.99. The monoisotopic (exact) mass is 389 g/mol. The fourth-order valence-electron chi connectivity index (χ4n) is 2.99. The quantitative estimate of drug-likeness (QED) is 0.473. The summed E-state index contributed by atoms with van der Waals surface area (Å²) in [5, 5.41) is 13.7. The van der Waals surface area contributed by atoms with Crippen LogP contribution in [0.2, 0.25) is 0 Å². The predicted octanol–water partition coefficient (Wildman–Crippen LogP) is 5.24. The van der Waals surface area contributed by atoms with Gasteiger partial charge in [-0.15, -0.1) is 10.2 Å². The van der Waals surface area contributed by atoms with Gasteiger partial charge in [-0.2, -0.15) is 0 Å². The lowest BCUT2D eigenvalue weighted by atomic mass is 10.0. The van der Waals surface area contributed by atoms with E-state index in [0.29, 0.717) is 11.1 Å². The lowest BCUT2D eigenvalue weighted by Gasteiger charge is -2.09. The zero-order valence-corrected chi connectivity index (χ0v) is 16.4. The van der Waals surface area contributed by atoms with Gasteiger partial charge in [-0.3, -0.25) is 4.79 Å². The summed E-state index contributed by atoms with van der Waals surface area (Å²) in [6, 6.07) is 19.9. The van der Waals surface area contributed by atoms with E-state index in [2.05, 4.69) is 15.5 Å². The maximum Gasteiger partial charge on any atom is 0.277 e. The number of anilines is 1. The molecule has 1 amide bonds. The molecule has 5 nitrogen and oxygen atoms in total. The van der Waals surface area contributed by atoms with E-state index in [9.17, 15) is 4.79 Å². The number of carbonyl (C=O) groups excluding carboxylic acids is 1. The zero-order valence-electron chi connectivity index (χ0n) is 15.6. The molecule has 3 aromatic carbocycles. The van der Waals surface area contributed by atoms with Gasteiger partial charge in [0, 0.05) is 11.3 Å². The molecule has 0 fully saturated rings. The molecule has 28 heavy (non-hydrogen) atoms. The van der Waals surface area contributed by atoms with E-state index in [-0.39, 0.29) is 11.7 Å². The molecule has 0 aliphatic rings. The van der Waals surface area contributed by atoms with Gasteiger partial charge >= 0.3 is 0 Å². The van der Waals surface area contributed by atoms with Crippen LogP contribution in [-0.2, 0) is 4.79 Å². The van der Waals surface area contributed by atoms with E-state index in [1.54, 1.807) is 0 Å². The van der Waals surface area contributed by atoms with Crippen molar-refractivity contribution in [3.63, 3.8) is 0 Å². The smallest absolute Gasteiger partial charge is 0.277 e. The fourth-order valence-corrected chi connectivity index (χ4v) is 3.55. The lowest BCUT2D eigenvalue weighted by Crippen LogP contribution is -2.15. The van der Waals surface area contributed by atoms with Crippen molar-refractivity contribution in [3.8, 4) is 11.5 Å². The van der Waals surface area contributed by atoms with Gasteiger partial charge in [0.2, 0.25) is 11.8 Å². The van der Waals surface area contributed by atoms with Crippen molar-refractivity contribution in [1.29, 1.82) is 0 Å². The number of amides is 1. The topological polar surface area (TPSA) is 68.0 Å². The normalized spacial score (nSPS) is 10.9. The second-order valence-electron chi connectivity index (χ2n) is 6.48. The first kappa shape index (κ1) is 18.3. The molecule has 0 saturated carbocycles. The van der Waals surface area contributed by atoms with Crippen LogP contribution in [0.15, 0.2) is 70.3 Å². The number of thioether (sulfide) groups is 1. The second-order valence-corrected chi connectivity index (χ2v) is 7.41. The number of rotatable bonds is 5. The zero-order chi connectivity index (χ0) is 19.5. The van der Waals surface area contributed by atoms with Gasteiger partial charge in [-0.25, -0.2) is 0 Å². The minimum atomic E-state index is -0.108. The van der Waals surface area contributed by atoms with Gasteiger partial charge < -0.3 is 9.73 Å². The Bertz CT molecular complexity index is 1150. The van der Waals surface area contributed by atoms with Gasteiger partial charge in [0.1, 0.15) is 0 Å². The van der Waals surface area contributed by atoms with E-state index in [1.807, 2.05) is 74.5 Å². The first-order chi connectivity index (χ1) is 13.6. The van der Waals surface area contributed by atoms with Crippen molar-refractivity contribution in [1.82, 2.24) is 10.2 Å². The molecule has 140 valence electrons. The number of fused-ring (bicyclic) bond motifs is 1. The second kappa shape index (κ2) is 7.86. The summed E-state index contributed by atoms with van der Waals surface area (Å²) >= 11 is 1.23. The average molecular weight is 389 g/mol. The molecule has 1 heterocycles. The van der Waals surface area contributed by atoms with Gasteiger partial charge in [0.05, 0.1) is 5.75 Å². The standard InChI is InChI=1S/C22H19N3O2S/c1-14-7-5-12-19(15(14)2)23-20(26)13-28-22-25-24-21(27-22)18-11-6-9-16-8-3-4-10-17(16)18/h3-12H,13H2,1-2H3,(H,23,26). The maximum atomic E-state index is 12.3. The Labute approximate surface area is 167 Å². The molecule has 0 spiro atoms. The lowest BCUT2D eigenvalue weighted by molar-refractivity contribution is -0.113. The summed E-state index contributed by atoms with van der Waals surface area (Å²) < 4.78 is 5.78. The van der Waals surface area contributed by atoms with Crippen LogP contribution in [0.25, 0.3) is 22.2 Å². The van der Waals surface area contributed by atoms with Gasteiger partial charge in [-0.1, -0.05) is 60.3 Å². The molecular formula is C22H19N3O2S. The van der Waals surface area contributed by atoms with Crippen molar-refractivity contribution in [2.75, 3.05) is 11.1 Å². The van der Waals surface area contributed by atoms with Crippen LogP contribution in [0, 0.1) is 13.8 Å². The van der Waals surface area contributed by atoms with Crippen LogP contribution in [0.5, 0.6) is 0 Å². The number of aromatic nitrogens is 2. The Morgan fingerprint density at radius 1 is 1.00 bits per heavy atom. The molecule has 0 unspecified atom stereocenters. The minimum Gasteiger partial charge on any atom is -0.411 e. The predicted molar refractivity (Wildman–Crippen MR) is 113 cm³/mol. The first-order valence-electron chi connectivity index (χ1n) is 8.92. The summed E-state index contributed by atoms with van der Waals surface area (Å²) in [4.78, 5) is 12.3. The highest BCUT2D eigenvalue weighted by Crippen LogP contribution is 2.29. The van der Waals surface area contributed by atoms with Gasteiger partial charge in [-0.05, 0) is 47.9 Å². The van der Waals surface area contributed by atoms with E-state index in [0.717, 1.165) is 33.2 Å². The van der Waals surface area contributed by atoms with Crippen molar-refractivity contribution in [3.05, 3.63) is 71.8 Å². The maximum absolute atomic E-state index is 12.3. The molecule has 1 aromatic heterocycles. The van der Waals surface area contributed by atoms with E-state index >= 15 is 0 Å². The Morgan fingerprint density at radius 3 is 2.68 bits per heavy atom. The SMILES string of the molecule is Cc1cccc(NC(=O)CSc2nnc(-c3cccc4ccccc34)o2)c1C. The van der Waals surface area contributed by atoms with Crippen LogP contribution in [0.4, 0.5) is 5.69 Å². The summed E-state index contributed by atoms with van der Waals surface area (Å²) in [6.07, 6.45) is 0. The van der Waals surface area contributed by atoms with Crippen LogP contribution < -0.4 is 5.32 Å². The summed E-state index contributed by atoms with van der Waals surface area (Å²) in [5.41, 5.74) is 3.92. The molecule has 0 bridgehead atoms. The highest BCUT2D eigenvalue weighted by Gasteiger charge is 2.14. The third-order valence-electron chi connectivity index (χ3n) is 4.63. The number of nitrogens with zero attached hydrogens (tertiary/aromatic N) is 2. The number of hydrogen-bond donors (Lipinski definition) is 1. The Hall–Kier alpha value is -3.12. The van der Waals surface area contributed by atoms with Crippen molar-refractivity contribution < 1.29 is 9.21 Å². The van der Waals surface area contributed by atoms with E-state index in [1.165, 1.54) is 11.8 Å². The third-order valence-corrected chi connectivity index (χ3v) is 5.45. The Kier molecular flexibility index (Phi) is 5.12. The molecular weight excluding hydrogens is 370 g/mol. The Balaban J connectivity index is 1.45. The van der Waals surface area contributed by atoms with Gasteiger partial charge in [0.15, 0.2) is 0 Å². The molecule has 0 saturated heterocycles. The van der Waals surface area contributed by atoms with E-state index < -0.39 is 0 Å². The Morgan fingerprint density at radius 2 is 1.79 bits per heavy atom. The number of aryl methyl sites for hydroxylation is 1. The summed E-state index contributed by atoms with van der Waals surface area (Å²) in [6.45, 7) is 4.01. The number of benzene rings is 3. The summed E-state index contributed by atoms with van der Waals surface area (Å²) in [5.74, 6) is 0.544.